The van der Waals surface area contributed by atoms with E-state index in [2.05, 4.69) is 24.4 Å². The third kappa shape index (κ3) is 7.82. The van der Waals surface area contributed by atoms with Crippen molar-refractivity contribution in [3.63, 3.8) is 0 Å². The van der Waals surface area contributed by atoms with Gasteiger partial charge in [-0.05, 0) is 80.8 Å². The molecule has 1 amide bonds. The van der Waals surface area contributed by atoms with Crippen molar-refractivity contribution in [2.75, 3.05) is 26.0 Å². The van der Waals surface area contributed by atoms with Crippen LogP contribution in [-0.2, 0) is 31.0 Å². The molecule has 5 rings (SSSR count). The summed E-state index contributed by atoms with van der Waals surface area (Å²) in [5, 5.41) is 3.76. The minimum absolute atomic E-state index is 0.125. The lowest BCUT2D eigenvalue weighted by Gasteiger charge is -2.43. The van der Waals surface area contributed by atoms with Gasteiger partial charge in [0.25, 0.3) is 0 Å². The number of likely N-dealkylation sites (tertiary alicyclic amines) is 1. The van der Waals surface area contributed by atoms with Gasteiger partial charge in [-0.25, -0.2) is 4.79 Å². The SMILES string of the molecule is COC(=O)C1(Cc2ccccc2C)CCN(C(=O)[C@H](CS)NC(c2ccccc2)(c2ccccc2)c2ccccc2C(=O)OC(C)(C)C)CC1. The Morgan fingerprint density at radius 1 is 0.820 bits per heavy atom. The van der Waals surface area contributed by atoms with E-state index in [1.54, 1.807) is 6.07 Å². The molecular weight excluding hydrogens is 645 g/mol. The molecule has 1 saturated heterocycles. The van der Waals surface area contributed by atoms with Gasteiger partial charge in [0.15, 0.2) is 0 Å². The van der Waals surface area contributed by atoms with Gasteiger partial charge in [-0.3, -0.25) is 14.9 Å². The van der Waals surface area contributed by atoms with Gasteiger partial charge < -0.3 is 14.4 Å². The average molecular weight is 693 g/mol. The van der Waals surface area contributed by atoms with E-state index in [0.717, 1.165) is 22.3 Å². The quantitative estimate of drug-likeness (QED) is 0.0987. The molecule has 0 radical (unpaired) electrons. The zero-order chi connectivity index (χ0) is 35.9. The fourth-order valence-corrected chi connectivity index (χ4v) is 7.33. The van der Waals surface area contributed by atoms with E-state index < -0.39 is 28.6 Å². The van der Waals surface area contributed by atoms with E-state index >= 15 is 0 Å². The fraction of sp³-hybridized carbons (Fsp3) is 0.357. The van der Waals surface area contributed by atoms with Crippen LogP contribution in [-0.4, -0.2) is 60.3 Å². The molecule has 1 fully saturated rings. The van der Waals surface area contributed by atoms with E-state index in [4.69, 9.17) is 22.1 Å². The summed E-state index contributed by atoms with van der Waals surface area (Å²) in [5.74, 6) is -0.636. The van der Waals surface area contributed by atoms with Gasteiger partial charge in [-0.15, -0.1) is 0 Å². The highest BCUT2D eigenvalue weighted by molar-refractivity contribution is 7.80. The van der Waals surface area contributed by atoms with E-state index in [1.807, 2.05) is 117 Å². The number of rotatable bonds is 11. The van der Waals surface area contributed by atoms with Crippen LogP contribution in [0.4, 0.5) is 0 Å². The Morgan fingerprint density at radius 2 is 1.36 bits per heavy atom. The number of ether oxygens (including phenoxy) is 2. The molecule has 1 atom stereocenters. The first-order valence-corrected chi connectivity index (χ1v) is 17.8. The lowest BCUT2D eigenvalue weighted by molar-refractivity contribution is -0.158. The molecule has 1 N–H and O–H groups in total. The Kier molecular flexibility index (Phi) is 11.5. The van der Waals surface area contributed by atoms with Crippen molar-refractivity contribution in [1.29, 1.82) is 0 Å². The zero-order valence-electron chi connectivity index (χ0n) is 29.6. The van der Waals surface area contributed by atoms with Crippen LogP contribution in [0.25, 0.3) is 0 Å². The van der Waals surface area contributed by atoms with Gasteiger partial charge >= 0.3 is 11.9 Å². The lowest BCUT2D eigenvalue weighted by Crippen LogP contribution is -2.59. The van der Waals surface area contributed by atoms with Gasteiger partial charge in [-0.2, -0.15) is 12.6 Å². The highest BCUT2D eigenvalue weighted by Crippen LogP contribution is 2.41. The summed E-state index contributed by atoms with van der Waals surface area (Å²) in [7, 11) is 1.43. The average Bonchev–Trinajstić information content (AvgIpc) is 3.13. The Bertz CT molecular complexity index is 1740. The van der Waals surface area contributed by atoms with Gasteiger partial charge in [0.2, 0.25) is 5.91 Å². The van der Waals surface area contributed by atoms with E-state index in [0.29, 0.717) is 43.5 Å². The topological polar surface area (TPSA) is 84.9 Å². The summed E-state index contributed by atoms with van der Waals surface area (Å²) >= 11 is 4.73. The molecule has 4 aromatic carbocycles. The summed E-state index contributed by atoms with van der Waals surface area (Å²) < 4.78 is 11.2. The Labute approximate surface area is 301 Å². The first kappa shape index (κ1) is 36.9. The third-order valence-corrected chi connectivity index (χ3v) is 10.0. The minimum Gasteiger partial charge on any atom is -0.469 e. The molecule has 0 saturated carbocycles. The third-order valence-electron chi connectivity index (χ3n) is 9.68. The molecule has 0 aromatic heterocycles. The molecule has 1 aliphatic heterocycles. The maximum Gasteiger partial charge on any atom is 0.339 e. The minimum atomic E-state index is -1.14. The Hall–Kier alpha value is -4.40. The number of nitrogens with one attached hydrogen (secondary N) is 1. The maximum absolute atomic E-state index is 14.6. The van der Waals surface area contributed by atoms with Crippen LogP contribution < -0.4 is 5.32 Å². The number of methoxy groups -OCH3 is 1. The second-order valence-electron chi connectivity index (χ2n) is 14.1. The Morgan fingerprint density at radius 3 is 1.90 bits per heavy atom. The monoisotopic (exact) mass is 692 g/mol. The molecule has 262 valence electrons. The number of benzene rings is 4. The number of thiol groups is 1. The second kappa shape index (κ2) is 15.7. The van der Waals surface area contributed by atoms with Gasteiger partial charge in [0.1, 0.15) is 5.60 Å². The van der Waals surface area contributed by atoms with Crippen LogP contribution in [0.15, 0.2) is 109 Å². The van der Waals surface area contributed by atoms with Crippen LogP contribution in [0.2, 0.25) is 0 Å². The Balaban J connectivity index is 1.54. The van der Waals surface area contributed by atoms with Gasteiger partial charge in [-0.1, -0.05) is 103 Å². The van der Waals surface area contributed by atoms with Crippen LogP contribution in [0, 0.1) is 12.3 Å². The summed E-state index contributed by atoms with van der Waals surface area (Å²) in [6.45, 7) is 8.37. The molecule has 0 spiro atoms. The maximum atomic E-state index is 14.6. The summed E-state index contributed by atoms with van der Waals surface area (Å²) in [5.41, 5.74) is 2.40. The highest BCUT2D eigenvalue weighted by atomic mass is 32.1. The number of aryl methyl sites for hydroxylation is 1. The lowest BCUT2D eigenvalue weighted by atomic mass is 9.73. The zero-order valence-corrected chi connectivity index (χ0v) is 30.5. The summed E-state index contributed by atoms with van der Waals surface area (Å²) in [4.78, 5) is 43.6. The molecule has 50 heavy (non-hydrogen) atoms. The summed E-state index contributed by atoms with van der Waals surface area (Å²) in [6, 6.07) is 34.4. The van der Waals surface area contributed by atoms with Crippen molar-refractivity contribution >= 4 is 30.5 Å². The molecule has 8 heteroatoms. The van der Waals surface area contributed by atoms with Crippen LogP contribution in [0.5, 0.6) is 0 Å². The number of hydrogen-bond acceptors (Lipinski definition) is 7. The number of carbonyl (C=O) groups excluding carboxylic acids is 3. The molecule has 0 aliphatic carbocycles. The number of esters is 2. The molecular formula is C42H48N2O5S. The predicted octanol–water partition coefficient (Wildman–Crippen LogP) is 7.15. The van der Waals surface area contributed by atoms with Crippen molar-refractivity contribution in [2.45, 2.75) is 64.1 Å². The molecule has 7 nitrogen and oxygen atoms in total. The largest absolute Gasteiger partial charge is 0.469 e. The van der Waals surface area contributed by atoms with Crippen molar-refractivity contribution in [2.24, 2.45) is 5.41 Å². The van der Waals surface area contributed by atoms with E-state index in [-0.39, 0.29) is 17.6 Å². The van der Waals surface area contributed by atoms with Crippen LogP contribution in [0.1, 0.15) is 71.8 Å². The van der Waals surface area contributed by atoms with Crippen molar-refractivity contribution in [1.82, 2.24) is 10.2 Å². The fourth-order valence-electron chi connectivity index (χ4n) is 7.08. The van der Waals surface area contributed by atoms with Crippen molar-refractivity contribution in [3.05, 3.63) is 143 Å². The number of nitrogens with zero attached hydrogens (tertiary/aromatic N) is 1. The second-order valence-corrected chi connectivity index (χ2v) is 14.5. The number of carbonyl (C=O) groups is 3. The normalized spacial score (nSPS) is 15.2. The first-order chi connectivity index (χ1) is 23.9. The van der Waals surface area contributed by atoms with Crippen molar-refractivity contribution < 1.29 is 23.9 Å². The van der Waals surface area contributed by atoms with E-state index in [1.165, 1.54) is 7.11 Å². The number of hydrogen-bond donors (Lipinski definition) is 2. The van der Waals surface area contributed by atoms with E-state index in [9.17, 15) is 14.4 Å². The first-order valence-electron chi connectivity index (χ1n) is 17.2. The molecule has 1 heterocycles. The predicted molar refractivity (Wildman–Crippen MR) is 200 cm³/mol. The van der Waals surface area contributed by atoms with Crippen LogP contribution in [0.3, 0.4) is 0 Å². The van der Waals surface area contributed by atoms with Gasteiger partial charge in [0, 0.05) is 18.8 Å². The standard InChI is InChI=1S/C42H48N2O5S/c1-30-16-12-13-17-31(30)28-41(39(47)48-5)24-26-44(27-25-41)37(45)36(29-50)43-42(32-18-8-6-9-19-32,33-20-10-7-11-21-33)35-23-15-14-22-34(35)38(46)49-40(2,3)4/h6-23,36,43,50H,24-29H2,1-5H3/t36-/m0/s1. The summed E-state index contributed by atoms with van der Waals surface area (Å²) in [6.07, 6.45) is 1.50. The smallest absolute Gasteiger partial charge is 0.339 e. The number of piperidine rings is 1. The molecule has 1 aliphatic rings. The van der Waals surface area contributed by atoms with Gasteiger partial charge in [0.05, 0.1) is 29.7 Å². The van der Waals surface area contributed by atoms with Crippen molar-refractivity contribution in [3.8, 4) is 0 Å². The molecule has 4 aromatic rings. The van der Waals surface area contributed by atoms with Crippen LogP contribution >= 0.6 is 12.6 Å². The highest BCUT2D eigenvalue weighted by Gasteiger charge is 2.46. The number of amides is 1. The molecule has 0 unspecified atom stereocenters. The molecule has 0 bridgehead atoms.